The number of ketones is 1. The zero-order chi connectivity index (χ0) is 21.2. The van der Waals surface area contributed by atoms with Crippen LogP contribution in [0.1, 0.15) is 42.7 Å². The summed E-state index contributed by atoms with van der Waals surface area (Å²) >= 11 is 0. The third-order valence-electron chi connectivity index (χ3n) is 4.47. The van der Waals surface area contributed by atoms with Crippen LogP contribution in [0.2, 0.25) is 0 Å². The van der Waals surface area contributed by atoms with E-state index in [9.17, 15) is 21.6 Å². The van der Waals surface area contributed by atoms with Crippen molar-refractivity contribution in [2.45, 2.75) is 36.5 Å². The molecule has 0 amide bonds. The Morgan fingerprint density at radius 1 is 0.931 bits per heavy atom. The lowest BCUT2D eigenvalue weighted by Crippen LogP contribution is -2.17. The maximum atomic E-state index is 13.3. The fourth-order valence-corrected chi connectivity index (χ4v) is 7.29. The highest BCUT2D eigenvalue weighted by molar-refractivity contribution is 7.94. The Balaban J connectivity index is 2.50. The van der Waals surface area contributed by atoms with Gasteiger partial charge in [-0.2, -0.15) is 0 Å². The van der Waals surface area contributed by atoms with Gasteiger partial charge in [-0.15, -0.1) is 0 Å². The second-order valence-electron chi connectivity index (χ2n) is 6.67. The number of hydrogen-bond donors (Lipinski definition) is 0. The van der Waals surface area contributed by atoms with Crippen molar-refractivity contribution in [3.8, 4) is 0 Å². The molecule has 3 aromatic rings. The van der Waals surface area contributed by atoms with Gasteiger partial charge in [-0.05, 0) is 12.8 Å². The fourth-order valence-electron chi connectivity index (χ4n) is 3.33. The third kappa shape index (κ3) is 3.84. The first-order valence-electron chi connectivity index (χ1n) is 9.28. The van der Waals surface area contributed by atoms with Crippen LogP contribution < -0.4 is 0 Å². The van der Waals surface area contributed by atoms with Crippen molar-refractivity contribution in [2.75, 3.05) is 11.5 Å². The van der Waals surface area contributed by atoms with Crippen molar-refractivity contribution < 1.29 is 21.6 Å². The summed E-state index contributed by atoms with van der Waals surface area (Å²) in [5, 5.41) is 0. The van der Waals surface area contributed by atoms with Crippen LogP contribution in [-0.4, -0.2) is 43.5 Å². The van der Waals surface area contributed by atoms with Crippen LogP contribution >= 0.6 is 0 Å². The van der Waals surface area contributed by atoms with Crippen LogP contribution in [0.4, 0.5) is 0 Å². The van der Waals surface area contributed by atoms with Gasteiger partial charge in [0.2, 0.25) is 5.78 Å². The minimum atomic E-state index is -4.04. The summed E-state index contributed by atoms with van der Waals surface area (Å²) in [6, 6.07) is 8.21. The largest absolute Gasteiger partial charge is 0.308 e. The van der Waals surface area contributed by atoms with Crippen molar-refractivity contribution in [1.82, 2.24) is 9.38 Å². The number of carbonyl (C=O) groups excluding carboxylic acids is 1. The van der Waals surface area contributed by atoms with Gasteiger partial charge < -0.3 is 4.40 Å². The lowest BCUT2D eigenvalue weighted by Gasteiger charge is -2.09. The predicted molar refractivity (Wildman–Crippen MR) is 110 cm³/mol. The lowest BCUT2D eigenvalue weighted by atomic mass is 10.1. The molecule has 0 fully saturated rings. The van der Waals surface area contributed by atoms with Crippen molar-refractivity contribution in [2.24, 2.45) is 0 Å². The first-order valence-corrected chi connectivity index (χ1v) is 12.6. The molecule has 2 aromatic heterocycles. The van der Waals surface area contributed by atoms with E-state index >= 15 is 0 Å². The maximum Gasteiger partial charge on any atom is 0.211 e. The van der Waals surface area contributed by atoms with Gasteiger partial charge in [0.05, 0.1) is 23.2 Å². The molecule has 0 saturated carbocycles. The Kier molecular flexibility index (Phi) is 5.90. The van der Waals surface area contributed by atoms with Crippen molar-refractivity contribution >= 4 is 31.0 Å². The highest BCUT2D eigenvalue weighted by Gasteiger charge is 2.37. The smallest absolute Gasteiger partial charge is 0.211 e. The molecule has 0 unspecified atom stereocenters. The van der Waals surface area contributed by atoms with E-state index in [0.717, 1.165) is 0 Å². The highest BCUT2D eigenvalue weighted by atomic mass is 32.2. The van der Waals surface area contributed by atoms with Crippen LogP contribution in [0.3, 0.4) is 0 Å². The maximum absolute atomic E-state index is 13.3. The molecule has 7 nitrogen and oxygen atoms in total. The molecule has 0 aliphatic carbocycles. The number of sulfone groups is 2. The molecular weight excluding hydrogens is 412 g/mol. The topological polar surface area (TPSA) is 103 Å². The van der Waals surface area contributed by atoms with E-state index in [1.54, 1.807) is 44.2 Å². The minimum Gasteiger partial charge on any atom is -0.308 e. The molecule has 0 radical (unpaired) electrons. The van der Waals surface area contributed by atoms with Gasteiger partial charge in [-0.3, -0.25) is 9.78 Å². The zero-order valence-electron chi connectivity index (χ0n) is 16.2. The Morgan fingerprint density at radius 3 is 2.10 bits per heavy atom. The molecule has 0 saturated heterocycles. The monoisotopic (exact) mass is 434 g/mol. The summed E-state index contributed by atoms with van der Waals surface area (Å²) in [5.74, 6) is -1.05. The average molecular weight is 435 g/mol. The van der Waals surface area contributed by atoms with Gasteiger partial charge in [0.25, 0.3) is 0 Å². The minimum absolute atomic E-state index is 0.0925. The quantitative estimate of drug-likeness (QED) is 0.505. The van der Waals surface area contributed by atoms with E-state index in [4.69, 9.17) is 0 Å². The Hall–Kier alpha value is -2.52. The van der Waals surface area contributed by atoms with Crippen molar-refractivity contribution in [1.29, 1.82) is 0 Å². The third-order valence-corrected chi connectivity index (χ3v) is 8.55. The van der Waals surface area contributed by atoms with Crippen molar-refractivity contribution in [3.63, 3.8) is 0 Å². The molecule has 0 bridgehead atoms. The lowest BCUT2D eigenvalue weighted by molar-refractivity contribution is 0.103. The van der Waals surface area contributed by atoms with Gasteiger partial charge >= 0.3 is 0 Å². The molecule has 29 heavy (non-hydrogen) atoms. The number of fused-ring (bicyclic) bond motifs is 1. The number of benzene rings is 1. The standard InChI is InChI=1S/C20H22N2O5S2/c1-3-12-28(24,25)19-16-14-21-10-11-22(16)17(20(19)29(26,27)13-4-2)18(23)15-8-6-5-7-9-15/h5-11,14H,3-4,12-13H2,1-2H3. The molecular formula is C20H22N2O5S2. The number of aromatic nitrogens is 2. The molecule has 0 spiro atoms. The normalized spacial score (nSPS) is 12.3. The van der Waals surface area contributed by atoms with Crippen LogP contribution in [0, 0.1) is 0 Å². The Bertz CT molecular complexity index is 1260. The van der Waals surface area contributed by atoms with Crippen molar-refractivity contribution in [3.05, 3.63) is 60.2 Å². The summed E-state index contributed by atoms with van der Waals surface area (Å²) in [7, 11) is -7.99. The number of rotatable bonds is 8. The second-order valence-corrected chi connectivity index (χ2v) is 10.8. The summed E-state index contributed by atoms with van der Waals surface area (Å²) < 4.78 is 53.8. The van der Waals surface area contributed by atoms with Gasteiger partial charge in [0, 0.05) is 18.0 Å². The highest BCUT2D eigenvalue weighted by Crippen LogP contribution is 2.35. The molecule has 9 heteroatoms. The molecule has 0 N–H and O–H groups in total. The van der Waals surface area contributed by atoms with Gasteiger partial charge in [0.15, 0.2) is 19.7 Å². The fraction of sp³-hybridized carbons (Fsp3) is 0.300. The van der Waals surface area contributed by atoms with E-state index in [0.29, 0.717) is 12.8 Å². The van der Waals surface area contributed by atoms with Crippen LogP contribution in [0.25, 0.3) is 5.52 Å². The van der Waals surface area contributed by atoms with Gasteiger partial charge in [-0.1, -0.05) is 44.2 Å². The van der Waals surface area contributed by atoms with Gasteiger partial charge in [-0.25, -0.2) is 16.8 Å². The van der Waals surface area contributed by atoms with E-state index < -0.39 is 30.4 Å². The number of hydrogen-bond acceptors (Lipinski definition) is 6. The summed E-state index contributed by atoms with van der Waals surface area (Å²) in [6.07, 6.45) is 4.70. The molecule has 2 heterocycles. The summed E-state index contributed by atoms with van der Waals surface area (Å²) in [5.41, 5.74) is 0.197. The molecule has 0 atom stereocenters. The summed E-state index contributed by atoms with van der Waals surface area (Å²) in [4.78, 5) is 16.5. The molecule has 1 aromatic carbocycles. The predicted octanol–water partition coefficient (Wildman–Crippen LogP) is 2.93. The van der Waals surface area contributed by atoms with Crippen LogP contribution in [0.5, 0.6) is 0 Å². The zero-order valence-corrected chi connectivity index (χ0v) is 17.8. The summed E-state index contributed by atoms with van der Waals surface area (Å²) in [6.45, 7) is 3.39. The molecule has 0 aliphatic rings. The second kappa shape index (κ2) is 8.08. The molecule has 0 aliphatic heterocycles. The van der Waals surface area contributed by atoms with E-state index in [1.165, 1.54) is 23.0 Å². The first kappa shape index (κ1) is 21.2. The average Bonchev–Trinajstić information content (AvgIpc) is 3.05. The molecule has 154 valence electrons. The van der Waals surface area contributed by atoms with Crippen LogP contribution in [-0.2, 0) is 19.7 Å². The van der Waals surface area contributed by atoms with E-state index in [2.05, 4.69) is 4.98 Å². The van der Waals surface area contributed by atoms with Crippen LogP contribution in [0.15, 0.2) is 58.7 Å². The number of carbonyl (C=O) groups is 1. The Labute approximate surface area is 170 Å². The Morgan fingerprint density at radius 2 is 1.52 bits per heavy atom. The van der Waals surface area contributed by atoms with E-state index in [1.807, 2.05) is 0 Å². The van der Waals surface area contributed by atoms with Gasteiger partial charge in [0.1, 0.15) is 15.5 Å². The molecule has 3 rings (SSSR count). The van der Waals surface area contributed by atoms with E-state index in [-0.39, 0.29) is 33.2 Å². The first-order chi connectivity index (χ1) is 13.7. The SMILES string of the molecule is CCCS(=O)(=O)c1c(S(=O)(=O)CCC)c2cnccn2c1C(=O)c1ccccc1. The number of nitrogens with zero attached hydrogens (tertiary/aromatic N) is 2.